The quantitative estimate of drug-likeness (QED) is 0.516. The number of hydrogen-bond donors (Lipinski definition) is 1. The minimum Gasteiger partial charge on any atom is -0.462 e. The summed E-state index contributed by atoms with van der Waals surface area (Å²) in [6.45, 7) is 3.87. The number of benzene rings is 1. The minimum absolute atomic E-state index is 0.0467. The number of sulfone groups is 1. The van der Waals surface area contributed by atoms with Crippen LogP contribution in [-0.2, 0) is 26.7 Å². The molecule has 0 saturated carbocycles. The van der Waals surface area contributed by atoms with E-state index in [1.54, 1.807) is 31.2 Å². The summed E-state index contributed by atoms with van der Waals surface area (Å²) in [5.41, 5.74) is 0.283. The summed E-state index contributed by atoms with van der Waals surface area (Å²) in [4.78, 5) is 25.8. The third kappa shape index (κ3) is 4.98. The van der Waals surface area contributed by atoms with Gasteiger partial charge in [-0.05, 0) is 43.7 Å². The molecular formula is C21H21NO6S2. The Kier molecular flexibility index (Phi) is 6.73. The fraction of sp³-hybridized carbons (Fsp3) is 0.238. The van der Waals surface area contributed by atoms with E-state index in [1.807, 2.05) is 6.92 Å². The molecule has 1 aromatic carbocycles. The van der Waals surface area contributed by atoms with E-state index in [9.17, 15) is 18.0 Å². The molecule has 0 bridgehead atoms. The number of furan rings is 1. The number of rotatable bonds is 8. The Morgan fingerprint density at radius 2 is 1.83 bits per heavy atom. The largest absolute Gasteiger partial charge is 0.462 e. The lowest BCUT2D eigenvalue weighted by Crippen LogP contribution is -2.13. The van der Waals surface area contributed by atoms with Gasteiger partial charge in [0.05, 0.1) is 17.1 Å². The second-order valence-corrected chi connectivity index (χ2v) is 9.45. The normalized spacial score (nSPS) is 11.3. The summed E-state index contributed by atoms with van der Waals surface area (Å²) in [5, 5.41) is 3.03. The molecule has 0 atom stereocenters. The van der Waals surface area contributed by atoms with Crippen LogP contribution in [0.4, 0.5) is 5.00 Å². The Morgan fingerprint density at radius 3 is 2.50 bits per heavy atom. The Labute approximate surface area is 178 Å². The van der Waals surface area contributed by atoms with Gasteiger partial charge in [0.25, 0.3) is 5.91 Å². The van der Waals surface area contributed by atoms with E-state index in [2.05, 4.69) is 5.32 Å². The molecule has 9 heteroatoms. The van der Waals surface area contributed by atoms with Crippen LogP contribution < -0.4 is 5.32 Å². The first-order valence-electron chi connectivity index (χ1n) is 9.31. The van der Waals surface area contributed by atoms with Gasteiger partial charge in [0.2, 0.25) is 0 Å². The van der Waals surface area contributed by atoms with Gasteiger partial charge in [-0.25, -0.2) is 13.2 Å². The Hall–Kier alpha value is -2.91. The maximum absolute atomic E-state index is 12.6. The number of nitrogens with one attached hydrogen (secondary N) is 1. The van der Waals surface area contributed by atoms with Crippen LogP contribution in [0.2, 0.25) is 0 Å². The molecule has 3 aromatic rings. The molecule has 0 radical (unpaired) electrons. The van der Waals surface area contributed by atoms with E-state index in [1.165, 1.54) is 35.6 Å². The van der Waals surface area contributed by atoms with Crippen LogP contribution in [-0.4, -0.2) is 26.9 Å². The smallest absolute Gasteiger partial charge is 0.341 e. The first-order valence-corrected chi connectivity index (χ1v) is 11.8. The van der Waals surface area contributed by atoms with Crippen LogP contribution in [0.15, 0.2) is 57.8 Å². The summed E-state index contributed by atoms with van der Waals surface area (Å²) in [7, 11) is -3.59. The van der Waals surface area contributed by atoms with Crippen molar-refractivity contribution >= 4 is 38.1 Å². The van der Waals surface area contributed by atoms with Gasteiger partial charge in [0.1, 0.15) is 16.5 Å². The van der Waals surface area contributed by atoms with Gasteiger partial charge in [-0.1, -0.05) is 25.1 Å². The number of aryl methyl sites for hydroxylation is 1. The van der Waals surface area contributed by atoms with Gasteiger partial charge in [-0.3, -0.25) is 4.79 Å². The van der Waals surface area contributed by atoms with E-state index >= 15 is 0 Å². The average Bonchev–Trinajstić information content (AvgIpc) is 3.35. The molecule has 7 nitrogen and oxygen atoms in total. The topological polar surface area (TPSA) is 103 Å². The summed E-state index contributed by atoms with van der Waals surface area (Å²) >= 11 is 1.28. The lowest BCUT2D eigenvalue weighted by atomic mass is 10.2. The summed E-state index contributed by atoms with van der Waals surface area (Å²) in [5.74, 6) is -1.35. The Balaban J connectivity index is 1.76. The third-order valence-corrected chi connectivity index (χ3v) is 7.02. The van der Waals surface area contributed by atoms with Crippen molar-refractivity contribution in [3.05, 3.63) is 70.5 Å². The van der Waals surface area contributed by atoms with Crippen molar-refractivity contribution in [3.8, 4) is 0 Å². The first kappa shape index (κ1) is 21.8. The molecule has 158 valence electrons. The highest BCUT2D eigenvalue weighted by Gasteiger charge is 2.22. The molecule has 1 N–H and O–H groups in total. The van der Waals surface area contributed by atoms with Crippen molar-refractivity contribution in [2.45, 2.75) is 30.9 Å². The zero-order valence-corrected chi connectivity index (χ0v) is 18.1. The molecule has 30 heavy (non-hydrogen) atoms. The second kappa shape index (κ2) is 9.27. The SMILES string of the molecule is CCOC(=O)c1cc(CC)sc1NC(=O)c1ccc(CS(=O)(=O)c2ccccc2)o1. The van der Waals surface area contributed by atoms with Crippen LogP contribution in [0, 0.1) is 0 Å². The maximum Gasteiger partial charge on any atom is 0.341 e. The maximum atomic E-state index is 12.6. The molecule has 0 fully saturated rings. The molecular weight excluding hydrogens is 426 g/mol. The zero-order valence-electron chi connectivity index (χ0n) is 16.5. The van der Waals surface area contributed by atoms with Gasteiger partial charge in [0, 0.05) is 4.88 Å². The number of thiophene rings is 1. The van der Waals surface area contributed by atoms with Gasteiger partial charge in [0.15, 0.2) is 15.6 Å². The minimum atomic E-state index is -3.59. The van der Waals surface area contributed by atoms with Crippen LogP contribution in [0.25, 0.3) is 0 Å². The van der Waals surface area contributed by atoms with Crippen molar-refractivity contribution in [1.29, 1.82) is 0 Å². The number of anilines is 1. The number of carbonyl (C=O) groups excluding carboxylic acids is 2. The van der Waals surface area contributed by atoms with E-state index in [0.717, 1.165) is 4.88 Å². The molecule has 0 saturated heterocycles. The standard InChI is InChI=1S/C21H21NO6S2/c1-3-15-12-17(21(24)27-4-2)20(29-15)22-19(23)18-11-10-14(28-18)13-30(25,26)16-8-6-5-7-9-16/h5-12H,3-4,13H2,1-2H3,(H,22,23). The second-order valence-electron chi connectivity index (χ2n) is 6.32. The lowest BCUT2D eigenvalue weighted by molar-refractivity contribution is 0.0528. The Morgan fingerprint density at radius 1 is 1.10 bits per heavy atom. The molecule has 3 rings (SSSR count). The van der Waals surface area contributed by atoms with Gasteiger partial charge >= 0.3 is 5.97 Å². The van der Waals surface area contributed by atoms with E-state index in [-0.39, 0.29) is 34.3 Å². The fourth-order valence-corrected chi connectivity index (χ4v) is 4.96. The highest BCUT2D eigenvalue weighted by atomic mass is 32.2. The first-order chi connectivity index (χ1) is 14.3. The van der Waals surface area contributed by atoms with E-state index in [4.69, 9.17) is 9.15 Å². The molecule has 0 unspecified atom stereocenters. The molecule has 1 amide bonds. The van der Waals surface area contributed by atoms with Crippen molar-refractivity contribution < 1.29 is 27.2 Å². The number of esters is 1. The average molecular weight is 448 g/mol. The summed E-state index contributed by atoms with van der Waals surface area (Å²) in [6.07, 6.45) is 0.704. The predicted molar refractivity (Wildman–Crippen MR) is 114 cm³/mol. The van der Waals surface area contributed by atoms with Gasteiger partial charge in [-0.2, -0.15) is 0 Å². The monoisotopic (exact) mass is 447 g/mol. The van der Waals surface area contributed by atoms with E-state index < -0.39 is 21.7 Å². The van der Waals surface area contributed by atoms with Crippen LogP contribution in [0.1, 0.15) is 45.4 Å². The van der Waals surface area contributed by atoms with Crippen molar-refractivity contribution in [2.75, 3.05) is 11.9 Å². The van der Waals surface area contributed by atoms with Gasteiger partial charge in [-0.15, -0.1) is 11.3 Å². The highest BCUT2D eigenvalue weighted by molar-refractivity contribution is 7.90. The molecule has 0 aliphatic carbocycles. The number of ether oxygens (including phenoxy) is 1. The molecule has 0 aliphatic rings. The fourth-order valence-electron chi connectivity index (χ4n) is 2.71. The van der Waals surface area contributed by atoms with E-state index in [0.29, 0.717) is 11.4 Å². The molecule has 0 aliphatic heterocycles. The zero-order chi connectivity index (χ0) is 21.7. The van der Waals surface area contributed by atoms with Crippen molar-refractivity contribution in [3.63, 3.8) is 0 Å². The van der Waals surface area contributed by atoms with Crippen LogP contribution >= 0.6 is 11.3 Å². The number of carbonyl (C=O) groups is 2. The molecule has 0 spiro atoms. The predicted octanol–water partition coefficient (Wildman–Crippen LogP) is 4.31. The highest BCUT2D eigenvalue weighted by Crippen LogP contribution is 2.30. The van der Waals surface area contributed by atoms with Crippen LogP contribution in [0.5, 0.6) is 0 Å². The molecule has 2 heterocycles. The number of amides is 1. The number of hydrogen-bond acceptors (Lipinski definition) is 7. The van der Waals surface area contributed by atoms with Gasteiger partial charge < -0.3 is 14.5 Å². The van der Waals surface area contributed by atoms with Crippen LogP contribution in [0.3, 0.4) is 0 Å². The Bertz CT molecular complexity index is 1150. The third-order valence-electron chi connectivity index (χ3n) is 4.17. The lowest BCUT2D eigenvalue weighted by Gasteiger charge is -2.05. The van der Waals surface area contributed by atoms with Crippen molar-refractivity contribution in [2.24, 2.45) is 0 Å². The van der Waals surface area contributed by atoms with Crippen molar-refractivity contribution in [1.82, 2.24) is 0 Å². The molecule has 2 aromatic heterocycles. The summed E-state index contributed by atoms with van der Waals surface area (Å²) in [6, 6.07) is 12.6. The summed E-state index contributed by atoms with van der Waals surface area (Å²) < 4.78 is 35.5.